The second-order valence-electron chi connectivity index (χ2n) is 6.03. The molecular weight excluding hydrogens is 346 g/mol. The van der Waals surface area contributed by atoms with E-state index in [-0.39, 0.29) is 17.8 Å². The van der Waals surface area contributed by atoms with Crippen LogP contribution in [0.25, 0.3) is 5.78 Å². The number of rotatable bonds is 2. The van der Waals surface area contributed by atoms with Gasteiger partial charge in [0.05, 0.1) is 10.4 Å². The normalized spacial score (nSPS) is 17.0. The van der Waals surface area contributed by atoms with Crippen molar-refractivity contribution < 1.29 is 4.79 Å². The number of aromatic nitrogens is 4. The van der Waals surface area contributed by atoms with Crippen LogP contribution in [-0.4, -0.2) is 25.5 Å². The van der Waals surface area contributed by atoms with E-state index in [9.17, 15) is 4.79 Å². The Morgan fingerprint density at radius 3 is 3.04 bits per heavy atom. The number of fused-ring (bicyclic) bond motifs is 2. The maximum atomic E-state index is 12.6. The van der Waals surface area contributed by atoms with E-state index in [4.69, 9.17) is 11.6 Å². The van der Waals surface area contributed by atoms with Crippen molar-refractivity contribution >= 4 is 34.6 Å². The molecule has 3 heterocycles. The standard InChI is InChI=1S/C16H16ClN5OS/c1-8-6-9(2)22-16(18-8)20-14(21-22)15(23)19-11-4-3-5-12-10(11)7-13(17)24-12/h6-7,11H,3-5H2,1-2H3,(H,19,23). The van der Waals surface area contributed by atoms with Crippen LogP contribution < -0.4 is 5.32 Å². The molecule has 1 unspecified atom stereocenters. The maximum absolute atomic E-state index is 12.6. The Labute approximate surface area is 147 Å². The van der Waals surface area contributed by atoms with Gasteiger partial charge < -0.3 is 5.32 Å². The van der Waals surface area contributed by atoms with Crippen LogP contribution in [0, 0.1) is 13.8 Å². The van der Waals surface area contributed by atoms with Crippen LogP contribution in [0.1, 0.15) is 51.3 Å². The Morgan fingerprint density at radius 2 is 2.21 bits per heavy atom. The summed E-state index contributed by atoms with van der Waals surface area (Å²) in [7, 11) is 0. The fourth-order valence-corrected chi connectivity index (χ4v) is 4.54. The van der Waals surface area contributed by atoms with Crippen LogP contribution in [-0.2, 0) is 6.42 Å². The van der Waals surface area contributed by atoms with Crippen molar-refractivity contribution in [2.45, 2.75) is 39.2 Å². The summed E-state index contributed by atoms with van der Waals surface area (Å²) in [5, 5.41) is 7.33. The first kappa shape index (κ1) is 15.5. The highest BCUT2D eigenvalue weighted by atomic mass is 35.5. The average molecular weight is 362 g/mol. The summed E-state index contributed by atoms with van der Waals surface area (Å²) in [6.45, 7) is 3.81. The summed E-state index contributed by atoms with van der Waals surface area (Å²) in [5.41, 5.74) is 2.87. The summed E-state index contributed by atoms with van der Waals surface area (Å²) in [4.78, 5) is 22.4. The quantitative estimate of drug-likeness (QED) is 0.760. The van der Waals surface area contributed by atoms with Gasteiger partial charge in [0.2, 0.25) is 5.82 Å². The topological polar surface area (TPSA) is 72.2 Å². The number of amides is 1. The van der Waals surface area contributed by atoms with Gasteiger partial charge in [-0.3, -0.25) is 4.79 Å². The Hall–Kier alpha value is -1.99. The first-order valence-electron chi connectivity index (χ1n) is 7.81. The Kier molecular flexibility index (Phi) is 3.77. The predicted octanol–water partition coefficient (Wildman–Crippen LogP) is 3.26. The molecule has 0 aromatic carbocycles. The van der Waals surface area contributed by atoms with Crippen LogP contribution in [0.2, 0.25) is 4.34 Å². The second-order valence-corrected chi connectivity index (χ2v) is 7.80. The lowest BCUT2D eigenvalue weighted by Crippen LogP contribution is -2.31. The van der Waals surface area contributed by atoms with Gasteiger partial charge >= 0.3 is 0 Å². The van der Waals surface area contributed by atoms with Crippen molar-refractivity contribution in [2.75, 3.05) is 0 Å². The van der Waals surface area contributed by atoms with Gasteiger partial charge in [-0.1, -0.05) is 11.6 Å². The fourth-order valence-electron chi connectivity index (χ4n) is 3.16. The number of carbonyl (C=O) groups is 1. The molecule has 3 aromatic rings. The molecular formula is C16H16ClN5OS. The van der Waals surface area contributed by atoms with E-state index in [2.05, 4.69) is 20.4 Å². The van der Waals surface area contributed by atoms with Gasteiger partial charge in [-0.25, -0.2) is 9.50 Å². The highest BCUT2D eigenvalue weighted by Gasteiger charge is 2.26. The Balaban J connectivity index is 1.62. The maximum Gasteiger partial charge on any atom is 0.291 e. The van der Waals surface area contributed by atoms with E-state index in [1.165, 1.54) is 4.88 Å². The molecule has 1 atom stereocenters. The van der Waals surface area contributed by atoms with Crippen molar-refractivity contribution in [3.63, 3.8) is 0 Å². The second kappa shape index (κ2) is 5.82. The molecule has 1 amide bonds. The number of hydrogen-bond acceptors (Lipinski definition) is 5. The highest BCUT2D eigenvalue weighted by Crippen LogP contribution is 2.37. The van der Waals surface area contributed by atoms with Gasteiger partial charge in [-0.15, -0.1) is 16.4 Å². The van der Waals surface area contributed by atoms with Crippen LogP contribution in [0.4, 0.5) is 0 Å². The van der Waals surface area contributed by atoms with Crippen molar-refractivity contribution in [1.29, 1.82) is 0 Å². The van der Waals surface area contributed by atoms with Gasteiger partial charge in [-0.2, -0.15) is 4.98 Å². The minimum atomic E-state index is -0.280. The summed E-state index contributed by atoms with van der Waals surface area (Å²) in [6.07, 6.45) is 2.96. The smallest absolute Gasteiger partial charge is 0.291 e. The molecule has 0 bridgehead atoms. The van der Waals surface area contributed by atoms with Gasteiger partial charge in [0, 0.05) is 16.3 Å². The van der Waals surface area contributed by atoms with Gasteiger partial charge in [0.1, 0.15) is 0 Å². The molecule has 0 radical (unpaired) electrons. The molecule has 0 saturated heterocycles. The zero-order valence-electron chi connectivity index (χ0n) is 13.3. The van der Waals surface area contributed by atoms with Crippen LogP contribution >= 0.6 is 22.9 Å². The predicted molar refractivity (Wildman–Crippen MR) is 92.7 cm³/mol. The molecule has 0 spiro atoms. The van der Waals surface area contributed by atoms with Crippen LogP contribution in [0.3, 0.4) is 0 Å². The zero-order chi connectivity index (χ0) is 16.8. The van der Waals surface area contributed by atoms with Crippen molar-refractivity contribution in [2.24, 2.45) is 0 Å². The molecule has 3 aromatic heterocycles. The van der Waals surface area contributed by atoms with Crippen molar-refractivity contribution in [1.82, 2.24) is 24.9 Å². The number of halogens is 1. The van der Waals surface area contributed by atoms with Gasteiger partial charge in [-0.05, 0) is 50.8 Å². The number of nitrogens with one attached hydrogen (secondary N) is 1. The molecule has 1 aliphatic carbocycles. The van der Waals surface area contributed by atoms with E-state index >= 15 is 0 Å². The number of hydrogen-bond donors (Lipinski definition) is 1. The number of nitrogens with zero attached hydrogens (tertiary/aromatic N) is 4. The lowest BCUT2D eigenvalue weighted by atomic mass is 9.94. The van der Waals surface area contributed by atoms with Gasteiger partial charge in [0.25, 0.3) is 11.7 Å². The third-order valence-electron chi connectivity index (χ3n) is 4.21. The zero-order valence-corrected chi connectivity index (χ0v) is 14.9. The summed E-state index contributed by atoms with van der Waals surface area (Å²) in [5.74, 6) is 0.308. The first-order valence-corrected chi connectivity index (χ1v) is 9.00. The number of aryl methyl sites for hydroxylation is 3. The molecule has 124 valence electrons. The highest BCUT2D eigenvalue weighted by molar-refractivity contribution is 7.16. The molecule has 4 rings (SSSR count). The molecule has 0 fully saturated rings. The summed E-state index contributed by atoms with van der Waals surface area (Å²) < 4.78 is 2.36. The van der Waals surface area contributed by atoms with E-state index in [0.717, 1.165) is 40.6 Å². The number of carbonyl (C=O) groups excluding carboxylic acids is 1. The minimum Gasteiger partial charge on any atom is -0.342 e. The largest absolute Gasteiger partial charge is 0.342 e. The fraction of sp³-hybridized carbons (Fsp3) is 0.375. The third-order valence-corrected chi connectivity index (χ3v) is 5.55. The van der Waals surface area contributed by atoms with E-state index in [1.54, 1.807) is 15.9 Å². The van der Waals surface area contributed by atoms with Crippen molar-refractivity contribution in [3.8, 4) is 0 Å². The molecule has 1 aliphatic rings. The molecule has 0 aliphatic heterocycles. The van der Waals surface area contributed by atoms with Crippen LogP contribution in [0.5, 0.6) is 0 Å². The minimum absolute atomic E-state index is 0.0348. The first-order chi connectivity index (χ1) is 11.5. The average Bonchev–Trinajstić information content (AvgIpc) is 3.10. The summed E-state index contributed by atoms with van der Waals surface area (Å²) >= 11 is 7.72. The third kappa shape index (κ3) is 2.67. The van der Waals surface area contributed by atoms with Crippen LogP contribution in [0.15, 0.2) is 12.1 Å². The monoisotopic (exact) mass is 361 g/mol. The van der Waals surface area contributed by atoms with E-state index in [0.29, 0.717) is 5.78 Å². The molecule has 6 nitrogen and oxygen atoms in total. The Bertz CT molecular complexity index is 947. The van der Waals surface area contributed by atoms with Gasteiger partial charge in [0.15, 0.2) is 0 Å². The van der Waals surface area contributed by atoms with E-state index < -0.39 is 0 Å². The lowest BCUT2D eigenvalue weighted by molar-refractivity contribution is 0.0922. The molecule has 24 heavy (non-hydrogen) atoms. The molecule has 8 heteroatoms. The molecule has 1 N–H and O–H groups in total. The Morgan fingerprint density at radius 1 is 1.38 bits per heavy atom. The lowest BCUT2D eigenvalue weighted by Gasteiger charge is -2.22. The number of thiophene rings is 1. The van der Waals surface area contributed by atoms with Crippen molar-refractivity contribution in [3.05, 3.63) is 44.1 Å². The summed E-state index contributed by atoms with van der Waals surface area (Å²) in [6, 6.07) is 3.83. The van der Waals surface area contributed by atoms with E-state index in [1.807, 2.05) is 26.0 Å². The molecule has 0 saturated carbocycles. The SMILES string of the molecule is Cc1cc(C)n2nc(C(=O)NC3CCCc4sc(Cl)cc43)nc2n1.